The van der Waals surface area contributed by atoms with Crippen LogP contribution in [0, 0.1) is 17.5 Å². The Labute approximate surface area is 117 Å². The number of rotatable bonds is 5. The van der Waals surface area contributed by atoms with Crippen LogP contribution in [0.5, 0.6) is 0 Å². The molecule has 0 saturated heterocycles. The lowest BCUT2D eigenvalue weighted by Crippen LogP contribution is -2.26. The predicted molar refractivity (Wildman–Crippen MR) is 73.9 cm³/mol. The maximum Gasteiger partial charge on any atom is 0.194 e. The Kier molecular flexibility index (Phi) is 5.24. The molecule has 0 radical (unpaired) electrons. The largest absolute Gasteiger partial charge is 0.306 e. The second-order valence-corrected chi connectivity index (χ2v) is 5.18. The van der Waals surface area contributed by atoms with Crippen molar-refractivity contribution in [3.63, 3.8) is 0 Å². The zero-order chi connectivity index (χ0) is 14.5. The molecule has 1 aliphatic carbocycles. The normalized spacial score (nSPS) is 16.9. The van der Waals surface area contributed by atoms with Crippen molar-refractivity contribution in [2.24, 2.45) is 0 Å². The van der Waals surface area contributed by atoms with Gasteiger partial charge in [-0.15, -0.1) is 0 Å². The molecular weight excluding hydrogens is 263 g/mol. The Morgan fingerprint density at radius 2 is 1.95 bits per heavy atom. The lowest BCUT2D eigenvalue weighted by molar-refractivity contribution is 0.429. The van der Waals surface area contributed by atoms with Gasteiger partial charge < -0.3 is 5.32 Å². The number of halogens is 3. The summed E-state index contributed by atoms with van der Waals surface area (Å²) in [4.78, 5) is 0. The SMILES string of the molecule is CCCNC(C1=CCCCC1)c1ccc(F)c(F)c1F. The van der Waals surface area contributed by atoms with Gasteiger partial charge in [-0.25, -0.2) is 13.2 Å². The second kappa shape index (κ2) is 6.93. The standard InChI is InChI=1S/C16H20F3N/c1-2-10-20-16(11-6-4-3-5-7-11)12-8-9-13(17)15(19)14(12)18/h6,8-9,16,20H,2-5,7,10H2,1H3. The smallest absolute Gasteiger partial charge is 0.194 e. The van der Waals surface area contributed by atoms with Crippen molar-refractivity contribution in [1.29, 1.82) is 0 Å². The Bertz CT molecular complexity index is 497. The first-order chi connectivity index (χ1) is 9.65. The molecule has 110 valence electrons. The molecule has 0 aliphatic heterocycles. The summed E-state index contributed by atoms with van der Waals surface area (Å²) in [5, 5.41) is 3.25. The highest BCUT2D eigenvalue weighted by molar-refractivity contribution is 5.31. The van der Waals surface area contributed by atoms with Crippen molar-refractivity contribution < 1.29 is 13.2 Å². The molecule has 1 aromatic carbocycles. The first-order valence-electron chi connectivity index (χ1n) is 7.20. The number of benzene rings is 1. The monoisotopic (exact) mass is 283 g/mol. The lowest BCUT2D eigenvalue weighted by atomic mass is 9.89. The molecule has 2 rings (SSSR count). The van der Waals surface area contributed by atoms with Gasteiger partial charge in [0, 0.05) is 5.56 Å². The molecular formula is C16H20F3N. The van der Waals surface area contributed by atoms with Crippen molar-refractivity contribution in [1.82, 2.24) is 5.32 Å². The summed E-state index contributed by atoms with van der Waals surface area (Å²) in [6.07, 6.45) is 7.02. The summed E-state index contributed by atoms with van der Waals surface area (Å²) < 4.78 is 40.5. The fourth-order valence-corrected chi connectivity index (χ4v) is 2.62. The van der Waals surface area contributed by atoms with Gasteiger partial charge in [0.2, 0.25) is 0 Å². The minimum atomic E-state index is -1.39. The Hall–Kier alpha value is -1.29. The van der Waals surface area contributed by atoms with Crippen molar-refractivity contribution in [2.75, 3.05) is 6.54 Å². The van der Waals surface area contributed by atoms with E-state index in [9.17, 15) is 13.2 Å². The Morgan fingerprint density at radius 1 is 1.15 bits per heavy atom. The van der Waals surface area contributed by atoms with E-state index in [0.29, 0.717) is 6.54 Å². The van der Waals surface area contributed by atoms with Crippen LogP contribution < -0.4 is 5.32 Å². The summed E-state index contributed by atoms with van der Waals surface area (Å²) in [7, 11) is 0. The number of nitrogens with one attached hydrogen (secondary N) is 1. The maximum absolute atomic E-state index is 14.0. The summed E-state index contributed by atoms with van der Waals surface area (Å²) in [6, 6.07) is 1.99. The van der Waals surface area contributed by atoms with Gasteiger partial charge in [-0.2, -0.15) is 0 Å². The van der Waals surface area contributed by atoms with Crippen LogP contribution in [0.3, 0.4) is 0 Å². The van der Waals surface area contributed by atoms with Crippen molar-refractivity contribution in [3.05, 3.63) is 46.8 Å². The minimum absolute atomic E-state index is 0.200. The van der Waals surface area contributed by atoms with Crippen LogP contribution in [0.2, 0.25) is 0 Å². The average molecular weight is 283 g/mol. The van der Waals surface area contributed by atoms with Crippen LogP contribution in [-0.2, 0) is 0 Å². The molecule has 0 heterocycles. The fourth-order valence-electron chi connectivity index (χ4n) is 2.62. The highest BCUT2D eigenvalue weighted by atomic mass is 19.2. The van der Waals surface area contributed by atoms with E-state index in [1.807, 2.05) is 6.92 Å². The molecule has 4 heteroatoms. The van der Waals surface area contributed by atoms with Gasteiger partial charge in [-0.05, 0) is 44.7 Å². The molecule has 1 N–H and O–H groups in total. The summed E-state index contributed by atoms with van der Waals surface area (Å²) >= 11 is 0. The zero-order valence-corrected chi connectivity index (χ0v) is 11.7. The quantitative estimate of drug-likeness (QED) is 0.613. The highest BCUT2D eigenvalue weighted by Crippen LogP contribution is 2.32. The van der Waals surface area contributed by atoms with Crippen LogP contribution in [0.15, 0.2) is 23.8 Å². The van der Waals surface area contributed by atoms with E-state index in [2.05, 4.69) is 11.4 Å². The maximum atomic E-state index is 14.0. The topological polar surface area (TPSA) is 12.0 Å². The predicted octanol–water partition coefficient (Wildman–Crippen LogP) is 4.65. The van der Waals surface area contributed by atoms with Crippen LogP contribution in [-0.4, -0.2) is 6.54 Å². The van der Waals surface area contributed by atoms with E-state index in [4.69, 9.17) is 0 Å². The van der Waals surface area contributed by atoms with Gasteiger partial charge in [0.1, 0.15) is 0 Å². The molecule has 1 nitrogen and oxygen atoms in total. The van der Waals surface area contributed by atoms with E-state index in [-0.39, 0.29) is 11.6 Å². The lowest BCUT2D eigenvalue weighted by Gasteiger charge is -2.25. The molecule has 0 spiro atoms. The van der Waals surface area contributed by atoms with Crippen molar-refractivity contribution in [2.45, 2.75) is 45.1 Å². The molecule has 1 atom stereocenters. The first-order valence-corrected chi connectivity index (χ1v) is 7.20. The van der Waals surface area contributed by atoms with E-state index in [0.717, 1.165) is 43.7 Å². The van der Waals surface area contributed by atoms with Crippen LogP contribution in [0.1, 0.15) is 50.6 Å². The molecule has 0 aromatic heterocycles. The van der Waals surface area contributed by atoms with Crippen LogP contribution in [0.4, 0.5) is 13.2 Å². The van der Waals surface area contributed by atoms with Crippen molar-refractivity contribution >= 4 is 0 Å². The summed E-state index contributed by atoms with van der Waals surface area (Å²) in [5.74, 6) is -3.61. The molecule has 0 bridgehead atoms. The van der Waals surface area contributed by atoms with Crippen LogP contribution in [0.25, 0.3) is 0 Å². The van der Waals surface area contributed by atoms with Crippen molar-refractivity contribution in [3.8, 4) is 0 Å². The molecule has 1 unspecified atom stereocenters. The second-order valence-electron chi connectivity index (χ2n) is 5.18. The molecule has 0 fully saturated rings. The molecule has 0 amide bonds. The van der Waals surface area contributed by atoms with Gasteiger partial charge in [0.05, 0.1) is 6.04 Å². The Morgan fingerprint density at radius 3 is 2.60 bits per heavy atom. The zero-order valence-electron chi connectivity index (χ0n) is 11.7. The number of allylic oxidation sites excluding steroid dienone is 1. The molecule has 20 heavy (non-hydrogen) atoms. The summed E-state index contributed by atoms with van der Waals surface area (Å²) in [5.41, 5.74) is 1.28. The minimum Gasteiger partial charge on any atom is -0.306 e. The van der Waals surface area contributed by atoms with Crippen LogP contribution >= 0.6 is 0 Å². The summed E-state index contributed by atoms with van der Waals surface area (Å²) in [6.45, 7) is 2.72. The molecule has 1 aliphatic rings. The van der Waals surface area contributed by atoms with E-state index in [1.165, 1.54) is 6.07 Å². The van der Waals surface area contributed by atoms with E-state index >= 15 is 0 Å². The van der Waals surface area contributed by atoms with Gasteiger partial charge in [0.25, 0.3) is 0 Å². The number of hydrogen-bond donors (Lipinski definition) is 1. The van der Waals surface area contributed by atoms with E-state index in [1.54, 1.807) is 0 Å². The van der Waals surface area contributed by atoms with E-state index < -0.39 is 17.5 Å². The fraction of sp³-hybridized carbons (Fsp3) is 0.500. The van der Waals surface area contributed by atoms with Gasteiger partial charge >= 0.3 is 0 Å². The third kappa shape index (κ3) is 3.23. The molecule has 1 aromatic rings. The van der Waals surface area contributed by atoms with Gasteiger partial charge in [-0.1, -0.05) is 24.6 Å². The number of hydrogen-bond acceptors (Lipinski definition) is 1. The van der Waals surface area contributed by atoms with Gasteiger partial charge in [-0.3, -0.25) is 0 Å². The Balaban J connectivity index is 2.35. The third-order valence-corrected chi connectivity index (χ3v) is 3.67. The molecule has 0 saturated carbocycles. The van der Waals surface area contributed by atoms with Gasteiger partial charge in [0.15, 0.2) is 17.5 Å². The highest BCUT2D eigenvalue weighted by Gasteiger charge is 2.24. The third-order valence-electron chi connectivity index (χ3n) is 3.67. The average Bonchev–Trinajstić information content (AvgIpc) is 2.48. The first kappa shape index (κ1) is 15.1.